The van der Waals surface area contributed by atoms with Crippen LogP contribution in [0.1, 0.15) is 13.3 Å². The largest absolute Gasteiger partial charge is 0.367 e. The van der Waals surface area contributed by atoms with Gasteiger partial charge in [-0.05, 0) is 19.5 Å². The molecule has 1 N–H and O–H groups in total. The van der Waals surface area contributed by atoms with Gasteiger partial charge in [-0.1, -0.05) is 6.92 Å². The molecule has 1 aromatic carbocycles. The maximum Gasteiger partial charge on any atom is 0.203 e. The molecule has 0 unspecified atom stereocenters. The van der Waals surface area contributed by atoms with E-state index >= 15 is 0 Å². The van der Waals surface area contributed by atoms with E-state index in [0.29, 0.717) is 11.2 Å². The number of benzene rings is 1. The minimum absolute atomic E-state index is 0.180. The second-order valence-electron chi connectivity index (χ2n) is 5.92. The van der Waals surface area contributed by atoms with Gasteiger partial charge in [0.2, 0.25) is 5.95 Å². The van der Waals surface area contributed by atoms with Crippen LogP contribution in [-0.2, 0) is 6.54 Å². The van der Waals surface area contributed by atoms with Crippen molar-refractivity contribution < 1.29 is 4.39 Å². The first-order valence-electron chi connectivity index (χ1n) is 7.95. The van der Waals surface area contributed by atoms with Crippen molar-refractivity contribution in [2.75, 3.05) is 50.5 Å². The van der Waals surface area contributed by atoms with Crippen LogP contribution >= 0.6 is 0 Å². The minimum Gasteiger partial charge on any atom is -0.367 e. The van der Waals surface area contributed by atoms with Gasteiger partial charge in [0.15, 0.2) is 0 Å². The van der Waals surface area contributed by atoms with Gasteiger partial charge >= 0.3 is 0 Å². The third kappa shape index (κ3) is 2.63. The Morgan fingerprint density at radius 3 is 2.59 bits per heavy atom. The minimum atomic E-state index is -0.180. The van der Waals surface area contributed by atoms with Crippen LogP contribution < -0.4 is 10.2 Å². The molecular formula is C16H24FN5. The van der Waals surface area contributed by atoms with E-state index in [1.807, 2.05) is 13.1 Å². The fourth-order valence-corrected chi connectivity index (χ4v) is 3.07. The van der Waals surface area contributed by atoms with Crippen LogP contribution in [0.25, 0.3) is 11.0 Å². The van der Waals surface area contributed by atoms with Crippen LogP contribution in [0.2, 0.25) is 0 Å². The normalized spacial score (nSPS) is 16.5. The summed E-state index contributed by atoms with van der Waals surface area (Å²) in [6, 6.07) is 3.52. The van der Waals surface area contributed by atoms with Gasteiger partial charge in [-0.3, -0.25) is 0 Å². The van der Waals surface area contributed by atoms with Gasteiger partial charge in [0.1, 0.15) is 5.82 Å². The number of hydrogen-bond acceptors (Lipinski definition) is 4. The molecule has 0 radical (unpaired) electrons. The summed E-state index contributed by atoms with van der Waals surface area (Å²) in [6.07, 6.45) is 1.02. The SMILES string of the molecule is CCCn1c(NC)nc2cc(F)c(N3CCN(C)CC3)cc21. The number of nitrogens with zero attached hydrogens (tertiary/aromatic N) is 4. The van der Waals surface area contributed by atoms with Crippen LogP contribution in [0.15, 0.2) is 12.1 Å². The van der Waals surface area contributed by atoms with Crippen molar-refractivity contribution in [2.24, 2.45) is 0 Å². The maximum absolute atomic E-state index is 14.5. The Balaban J connectivity index is 2.04. The van der Waals surface area contributed by atoms with Gasteiger partial charge in [-0.2, -0.15) is 0 Å². The number of halogens is 1. The molecule has 22 heavy (non-hydrogen) atoms. The summed E-state index contributed by atoms with van der Waals surface area (Å²) in [5.74, 6) is 0.618. The Morgan fingerprint density at radius 2 is 1.95 bits per heavy atom. The Bertz CT molecular complexity index is 658. The van der Waals surface area contributed by atoms with Gasteiger partial charge < -0.3 is 19.7 Å². The van der Waals surface area contributed by atoms with Crippen LogP contribution in [0.3, 0.4) is 0 Å². The first kappa shape index (κ1) is 15.1. The molecule has 6 heteroatoms. The number of likely N-dealkylation sites (N-methyl/N-ethyl adjacent to an activating group) is 1. The van der Waals surface area contributed by atoms with Gasteiger partial charge in [-0.25, -0.2) is 9.37 Å². The monoisotopic (exact) mass is 305 g/mol. The molecule has 5 nitrogen and oxygen atoms in total. The molecule has 2 aromatic rings. The lowest BCUT2D eigenvalue weighted by Crippen LogP contribution is -2.44. The van der Waals surface area contributed by atoms with Crippen molar-refractivity contribution in [2.45, 2.75) is 19.9 Å². The highest BCUT2D eigenvalue weighted by Gasteiger charge is 2.20. The quantitative estimate of drug-likeness (QED) is 0.941. The van der Waals surface area contributed by atoms with E-state index in [9.17, 15) is 4.39 Å². The van der Waals surface area contributed by atoms with Crippen molar-refractivity contribution in [3.8, 4) is 0 Å². The zero-order valence-electron chi connectivity index (χ0n) is 13.6. The maximum atomic E-state index is 14.5. The molecule has 0 spiro atoms. The molecule has 120 valence electrons. The van der Waals surface area contributed by atoms with Crippen molar-refractivity contribution >= 4 is 22.7 Å². The molecule has 0 amide bonds. The average molecular weight is 305 g/mol. The number of anilines is 2. The molecule has 0 atom stereocenters. The molecule has 3 rings (SSSR count). The van der Waals surface area contributed by atoms with Crippen LogP contribution in [-0.4, -0.2) is 54.7 Å². The summed E-state index contributed by atoms with van der Waals surface area (Å²) in [4.78, 5) is 8.90. The zero-order chi connectivity index (χ0) is 15.7. The topological polar surface area (TPSA) is 36.3 Å². The Kier molecular flexibility index (Phi) is 4.20. The summed E-state index contributed by atoms with van der Waals surface area (Å²) in [6.45, 7) is 6.66. The van der Waals surface area contributed by atoms with E-state index in [-0.39, 0.29) is 5.82 Å². The second kappa shape index (κ2) is 6.12. The van der Waals surface area contributed by atoms with Crippen molar-refractivity contribution in [1.82, 2.24) is 14.5 Å². The molecule has 1 saturated heterocycles. The van der Waals surface area contributed by atoms with E-state index < -0.39 is 0 Å². The molecule has 1 fully saturated rings. The fourth-order valence-electron chi connectivity index (χ4n) is 3.07. The lowest BCUT2D eigenvalue weighted by Gasteiger charge is -2.34. The van der Waals surface area contributed by atoms with Crippen molar-refractivity contribution in [1.29, 1.82) is 0 Å². The predicted octanol–water partition coefficient (Wildman–Crippen LogP) is 2.38. The van der Waals surface area contributed by atoms with Gasteiger partial charge in [0.25, 0.3) is 0 Å². The molecule has 1 aromatic heterocycles. The molecular weight excluding hydrogens is 281 g/mol. The molecule has 1 aliphatic heterocycles. The molecule has 0 saturated carbocycles. The second-order valence-corrected chi connectivity index (χ2v) is 5.92. The van der Waals surface area contributed by atoms with Crippen molar-refractivity contribution in [3.05, 3.63) is 17.9 Å². The number of imidazole rings is 1. The van der Waals surface area contributed by atoms with E-state index in [1.165, 1.54) is 0 Å². The van der Waals surface area contributed by atoms with E-state index in [2.05, 4.69) is 38.6 Å². The zero-order valence-corrected chi connectivity index (χ0v) is 13.6. The molecule has 2 heterocycles. The summed E-state index contributed by atoms with van der Waals surface area (Å²) < 4.78 is 16.6. The number of nitrogens with one attached hydrogen (secondary N) is 1. The lowest BCUT2D eigenvalue weighted by atomic mass is 10.2. The van der Waals surface area contributed by atoms with Crippen LogP contribution in [0, 0.1) is 5.82 Å². The highest BCUT2D eigenvalue weighted by atomic mass is 19.1. The number of fused-ring (bicyclic) bond motifs is 1. The third-order valence-corrected chi connectivity index (χ3v) is 4.33. The molecule has 0 bridgehead atoms. The van der Waals surface area contributed by atoms with Crippen LogP contribution in [0.5, 0.6) is 0 Å². The average Bonchev–Trinajstić information content (AvgIpc) is 2.85. The molecule has 0 aliphatic carbocycles. The Hall–Kier alpha value is -1.82. The van der Waals surface area contributed by atoms with E-state index in [1.54, 1.807) is 6.07 Å². The standard InChI is InChI=1S/C16H24FN5/c1-4-5-22-15-11-14(21-8-6-20(3)7-9-21)12(17)10-13(15)19-16(22)18-2/h10-11H,4-9H2,1-3H3,(H,18,19). The van der Waals surface area contributed by atoms with Crippen molar-refractivity contribution in [3.63, 3.8) is 0 Å². The fraction of sp³-hybridized carbons (Fsp3) is 0.562. The summed E-state index contributed by atoms with van der Waals surface area (Å²) in [5.41, 5.74) is 2.41. The van der Waals surface area contributed by atoms with E-state index in [4.69, 9.17) is 0 Å². The van der Waals surface area contributed by atoms with Gasteiger partial charge in [-0.15, -0.1) is 0 Å². The lowest BCUT2D eigenvalue weighted by molar-refractivity contribution is 0.312. The number of hydrogen-bond donors (Lipinski definition) is 1. The highest BCUT2D eigenvalue weighted by molar-refractivity contribution is 5.83. The predicted molar refractivity (Wildman–Crippen MR) is 89.2 cm³/mol. The number of rotatable bonds is 4. The van der Waals surface area contributed by atoms with Gasteiger partial charge in [0, 0.05) is 45.8 Å². The third-order valence-electron chi connectivity index (χ3n) is 4.33. The summed E-state index contributed by atoms with van der Waals surface area (Å²) >= 11 is 0. The summed E-state index contributed by atoms with van der Waals surface area (Å²) in [7, 11) is 3.96. The van der Waals surface area contributed by atoms with Crippen LogP contribution in [0.4, 0.5) is 16.0 Å². The van der Waals surface area contributed by atoms with E-state index in [0.717, 1.165) is 50.6 Å². The summed E-state index contributed by atoms with van der Waals surface area (Å²) in [5, 5.41) is 3.10. The Morgan fingerprint density at radius 1 is 1.23 bits per heavy atom. The number of piperazine rings is 1. The number of aromatic nitrogens is 2. The smallest absolute Gasteiger partial charge is 0.203 e. The van der Waals surface area contributed by atoms with Gasteiger partial charge in [0.05, 0.1) is 16.7 Å². The first-order valence-corrected chi connectivity index (χ1v) is 7.95. The number of aryl methyl sites for hydroxylation is 1. The highest BCUT2D eigenvalue weighted by Crippen LogP contribution is 2.29. The first-order chi connectivity index (χ1) is 10.6. The Labute approximate surface area is 130 Å². The molecule has 1 aliphatic rings.